The molecule has 0 fully saturated rings. The second kappa shape index (κ2) is 4.82. The fraction of sp³-hybridized carbons (Fsp3) is 0.0909. The molecule has 0 aliphatic heterocycles. The fourth-order valence-electron chi connectivity index (χ4n) is 1.41. The van der Waals surface area contributed by atoms with Crippen molar-refractivity contribution in [3.8, 4) is 17.0 Å². The summed E-state index contributed by atoms with van der Waals surface area (Å²) in [4.78, 5) is 10.7. The van der Waals surface area contributed by atoms with E-state index in [9.17, 15) is 13.6 Å². The summed E-state index contributed by atoms with van der Waals surface area (Å²) in [7, 11) is 0. The highest BCUT2D eigenvalue weighted by Gasteiger charge is 2.10. The Morgan fingerprint density at radius 2 is 2.17 bits per heavy atom. The maximum absolute atomic E-state index is 12.0. The minimum absolute atomic E-state index is 0.0117. The van der Waals surface area contributed by atoms with Crippen molar-refractivity contribution < 1.29 is 23.4 Å². The van der Waals surface area contributed by atoms with Gasteiger partial charge in [0.25, 0.3) is 0 Å². The van der Waals surface area contributed by atoms with Crippen LogP contribution in [0.15, 0.2) is 30.3 Å². The van der Waals surface area contributed by atoms with Gasteiger partial charge in [0.2, 0.25) is 0 Å². The van der Waals surface area contributed by atoms with Gasteiger partial charge in [0.05, 0.1) is 5.69 Å². The SMILES string of the molecule is O=C(O)c1cc(-c2cccc(OC(F)F)c2)n[nH]1. The number of carbonyl (C=O) groups is 1. The van der Waals surface area contributed by atoms with Crippen molar-refractivity contribution >= 4 is 5.97 Å². The molecule has 0 amide bonds. The van der Waals surface area contributed by atoms with Gasteiger partial charge in [-0.15, -0.1) is 0 Å². The van der Waals surface area contributed by atoms with Crippen LogP contribution in [0, 0.1) is 0 Å². The van der Waals surface area contributed by atoms with Crippen molar-refractivity contribution in [1.82, 2.24) is 10.2 Å². The predicted octanol–water partition coefficient (Wildman–Crippen LogP) is 2.38. The quantitative estimate of drug-likeness (QED) is 0.878. The van der Waals surface area contributed by atoms with Gasteiger partial charge >= 0.3 is 12.6 Å². The molecule has 1 aromatic heterocycles. The first-order valence-electron chi connectivity index (χ1n) is 4.90. The van der Waals surface area contributed by atoms with Crippen molar-refractivity contribution in [2.45, 2.75) is 6.61 Å². The summed E-state index contributed by atoms with van der Waals surface area (Å²) in [5.41, 5.74) is 0.745. The molecule has 0 saturated carbocycles. The maximum Gasteiger partial charge on any atom is 0.387 e. The molecule has 2 rings (SSSR count). The third-order valence-corrected chi connectivity index (χ3v) is 2.16. The van der Waals surface area contributed by atoms with Gasteiger partial charge < -0.3 is 9.84 Å². The van der Waals surface area contributed by atoms with Gasteiger partial charge in [0, 0.05) is 5.56 Å². The van der Waals surface area contributed by atoms with Gasteiger partial charge in [-0.05, 0) is 18.2 Å². The Balaban J connectivity index is 2.29. The van der Waals surface area contributed by atoms with E-state index in [-0.39, 0.29) is 11.4 Å². The minimum Gasteiger partial charge on any atom is -0.477 e. The molecule has 94 valence electrons. The highest BCUT2D eigenvalue weighted by Crippen LogP contribution is 2.23. The lowest BCUT2D eigenvalue weighted by Crippen LogP contribution is -2.01. The third-order valence-electron chi connectivity index (χ3n) is 2.16. The van der Waals surface area contributed by atoms with Gasteiger partial charge in [-0.1, -0.05) is 12.1 Å². The van der Waals surface area contributed by atoms with E-state index in [0.717, 1.165) is 0 Å². The van der Waals surface area contributed by atoms with Crippen LogP contribution in [0.25, 0.3) is 11.3 Å². The molecule has 0 saturated heterocycles. The van der Waals surface area contributed by atoms with Crippen molar-refractivity contribution in [2.75, 3.05) is 0 Å². The number of alkyl halides is 2. The molecule has 0 aliphatic carbocycles. The summed E-state index contributed by atoms with van der Waals surface area (Å²) < 4.78 is 28.3. The summed E-state index contributed by atoms with van der Waals surface area (Å²) in [6.45, 7) is -2.91. The average molecular weight is 254 g/mol. The van der Waals surface area contributed by atoms with Crippen LogP contribution in [-0.4, -0.2) is 27.9 Å². The number of ether oxygens (including phenoxy) is 1. The number of benzene rings is 1. The zero-order valence-electron chi connectivity index (χ0n) is 8.93. The first-order chi connectivity index (χ1) is 8.56. The topological polar surface area (TPSA) is 75.2 Å². The Bertz CT molecular complexity index is 569. The van der Waals surface area contributed by atoms with Crippen LogP contribution in [0.4, 0.5) is 8.78 Å². The molecule has 0 aliphatic rings. The molecule has 2 aromatic rings. The molecule has 5 nitrogen and oxygen atoms in total. The smallest absolute Gasteiger partial charge is 0.387 e. The molecule has 18 heavy (non-hydrogen) atoms. The van der Waals surface area contributed by atoms with E-state index < -0.39 is 12.6 Å². The normalized spacial score (nSPS) is 10.6. The Kier molecular flexibility index (Phi) is 3.22. The Hall–Kier alpha value is -2.44. The fourth-order valence-corrected chi connectivity index (χ4v) is 1.41. The van der Waals surface area contributed by atoms with Gasteiger partial charge in [-0.25, -0.2) is 4.79 Å². The van der Waals surface area contributed by atoms with Crippen LogP contribution < -0.4 is 4.74 Å². The van der Waals surface area contributed by atoms with Gasteiger partial charge in [-0.3, -0.25) is 5.10 Å². The molecule has 0 bridgehead atoms. The lowest BCUT2D eigenvalue weighted by Gasteiger charge is -2.04. The summed E-state index contributed by atoms with van der Waals surface area (Å²) in [6, 6.07) is 7.17. The number of aromatic amines is 1. The number of hydrogen-bond donors (Lipinski definition) is 2. The van der Waals surface area contributed by atoms with Crippen LogP contribution in [0.3, 0.4) is 0 Å². The molecule has 2 N–H and O–H groups in total. The van der Waals surface area contributed by atoms with Crippen LogP contribution in [0.2, 0.25) is 0 Å². The van der Waals surface area contributed by atoms with Gasteiger partial charge in [0.1, 0.15) is 11.4 Å². The number of halogens is 2. The van der Waals surface area contributed by atoms with Crippen molar-refractivity contribution in [3.05, 3.63) is 36.0 Å². The van der Waals surface area contributed by atoms with E-state index in [4.69, 9.17) is 5.11 Å². The second-order valence-corrected chi connectivity index (χ2v) is 3.38. The van der Waals surface area contributed by atoms with Crippen LogP contribution in [0.5, 0.6) is 5.75 Å². The molecule has 0 unspecified atom stereocenters. The molecular weight excluding hydrogens is 246 g/mol. The number of aromatic carboxylic acids is 1. The summed E-state index contributed by atoms with van der Waals surface area (Å²) >= 11 is 0. The van der Waals surface area contributed by atoms with E-state index in [1.54, 1.807) is 6.07 Å². The zero-order valence-corrected chi connectivity index (χ0v) is 8.93. The number of hydrogen-bond acceptors (Lipinski definition) is 3. The Labute approximate surface area is 100 Å². The van der Waals surface area contributed by atoms with Crippen LogP contribution >= 0.6 is 0 Å². The first kappa shape index (κ1) is 12.0. The summed E-state index contributed by atoms with van der Waals surface area (Å²) in [5, 5.41) is 14.8. The predicted molar refractivity (Wildman–Crippen MR) is 57.6 cm³/mol. The third kappa shape index (κ3) is 2.62. The van der Waals surface area contributed by atoms with E-state index in [2.05, 4.69) is 14.9 Å². The number of nitrogens with one attached hydrogen (secondary N) is 1. The Morgan fingerprint density at radius 1 is 1.39 bits per heavy atom. The largest absolute Gasteiger partial charge is 0.477 e. The van der Waals surface area contributed by atoms with Crippen LogP contribution in [-0.2, 0) is 0 Å². The molecule has 0 radical (unpaired) electrons. The maximum atomic E-state index is 12.0. The lowest BCUT2D eigenvalue weighted by atomic mass is 10.1. The summed E-state index contributed by atoms with van der Waals surface area (Å²) in [6.07, 6.45) is 0. The molecule has 0 spiro atoms. The number of H-pyrrole nitrogens is 1. The number of rotatable bonds is 4. The van der Waals surface area contributed by atoms with Gasteiger partial charge in [-0.2, -0.15) is 13.9 Å². The number of nitrogens with zero attached hydrogens (tertiary/aromatic N) is 1. The molecule has 0 atom stereocenters. The molecule has 1 aromatic carbocycles. The minimum atomic E-state index is -2.91. The van der Waals surface area contributed by atoms with E-state index in [1.807, 2.05) is 0 Å². The second-order valence-electron chi connectivity index (χ2n) is 3.38. The summed E-state index contributed by atoms with van der Waals surface area (Å²) in [5.74, 6) is -1.16. The molecule has 1 heterocycles. The number of carboxylic acids is 1. The number of carboxylic acid groups (broad SMARTS) is 1. The average Bonchev–Trinajstić information content (AvgIpc) is 2.77. The highest BCUT2D eigenvalue weighted by molar-refractivity contribution is 5.86. The van der Waals surface area contributed by atoms with E-state index in [1.165, 1.54) is 24.3 Å². The number of aromatic nitrogens is 2. The van der Waals surface area contributed by atoms with Crippen LogP contribution in [0.1, 0.15) is 10.5 Å². The highest BCUT2D eigenvalue weighted by atomic mass is 19.3. The van der Waals surface area contributed by atoms with Crippen molar-refractivity contribution in [1.29, 1.82) is 0 Å². The first-order valence-corrected chi connectivity index (χ1v) is 4.90. The monoisotopic (exact) mass is 254 g/mol. The molecule has 7 heteroatoms. The van der Waals surface area contributed by atoms with Crippen molar-refractivity contribution in [2.24, 2.45) is 0 Å². The Morgan fingerprint density at radius 3 is 2.78 bits per heavy atom. The van der Waals surface area contributed by atoms with E-state index >= 15 is 0 Å². The van der Waals surface area contributed by atoms with E-state index in [0.29, 0.717) is 11.3 Å². The molecular formula is C11H8F2N2O3. The van der Waals surface area contributed by atoms with Crippen molar-refractivity contribution in [3.63, 3.8) is 0 Å². The standard InChI is InChI=1S/C11H8F2N2O3/c12-11(13)18-7-3-1-2-6(4-7)8-5-9(10(16)17)15-14-8/h1-5,11H,(H,14,15)(H,16,17). The van der Waals surface area contributed by atoms with Gasteiger partial charge in [0.15, 0.2) is 0 Å². The zero-order chi connectivity index (χ0) is 13.1. The lowest BCUT2D eigenvalue weighted by molar-refractivity contribution is -0.0498.